The highest BCUT2D eigenvalue weighted by molar-refractivity contribution is 7.89. The van der Waals surface area contributed by atoms with Crippen molar-refractivity contribution in [3.8, 4) is 11.8 Å². The highest BCUT2D eigenvalue weighted by Crippen LogP contribution is 2.19. The lowest BCUT2D eigenvalue weighted by Gasteiger charge is -2.13. The number of sulfonamides is 1. The first-order valence-electron chi connectivity index (χ1n) is 6.38. The second-order valence-corrected chi connectivity index (χ2v) is 6.04. The van der Waals surface area contributed by atoms with Crippen LogP contribution < -0.4 is 10.5 Å². The van der Waals surface area contributed by atoms with Crippen LogP contribution in [0.3, 0.4) is 0 Å². The summed E-state index contributed by atoms with van der Waals surface area (Å²) < 4.78 is 32.7. The molecule has 1 unspecified atom stereocenters. The molecule has 0 aliphatic rings. The summed E-state index contributed by atoms with van der Waals surface area (Å²) >= 11 is 0. The minimum atomic E-state index is -3.70. The van der Waals surface area contributed by atoms with Crippen molar-refractivity contribution in [2.45, 2.75) is 17.9 Å². The second kappa shape index (κ2) is 6.59. The lowest BCUT2D eigenvalue weighted by Crippen LogP contribution is -2.27. The number of nitrogens with two attached hydrogens (primary N) is 1. The zero-order valence-corrected chi connectivity index (χ0v) is 12.4. The van der Waals surface area contributed by atoms with Crippen LogP contribution in [0.2, 0.25) is 0 Å². The van der Waals surface area contributed by atoms with Gasteiger partial charge in [0.05, 0.1) is 23.7 Å². The molecule has 0 amide bonds. The van der Waals surface area contributed by atoms with E-state index < -0.39 is 16.1 Å². The molecule has 2 aromatic rings. The molecule has 0 bridgehead atoms. The van der Waals surface area contributed by atoms with Gasteiger partial charge < -0.3 is 10.2 Å². The molecule has 0 fully saturated rings. The lowest BCUT2D eigenvalue weighted by atomic mass is 10.2. The number of hydrogen-bond acceptors (Lipinski definition) is 4. The van der Waals surface area contributed by atoms with Gasteiger partial charge in [-0.05, 0) is 31.2 Å². The van der Waals surface area contributed by atoms with E-state index in [1.54, 1.807) is 37.3 Å². The molecule has 0 saturated heterocycles. The van der Waals surface area contributed by atoms with E-state index in [1.807, 2.05) is 0 Å². The van der Waals surface area contributed by atoms with Gasteiger partial charge in [0.25, 0.3) is 0 Å². The summed E-state index contributed by atoms with van der Waals surface area (Å²) in [4.78, 5) is 0.129. The molecule has 110 valence electrons. The van der Waals surface area contributed by atoms with Crippen molar-refractivity contribution in [3.05, 3.63) is 54.0 Å². The molecule has 1 heterocycles. The van der Waals surface area contributed by atoms with Crippen LogP contribution in [0.15, 0.2) is 52.0 Å². The predicted molar refractivity (Wildman–Crippen MR) is 79.8 cm³/mol. The fourth-order valence-electron chi connectivity index (χ4n) is 1.84. The second-order valence-electron chi connectivity index (χ2n) is 4.36. The lowest BCUT2D eigenvalue weighted by molar-refractivity contribution is 0.459. The zero-order valence-electron chi connectivity index (χ0n) is 11.5. The van der Waals surface area contributed by atoms with Crippen molar-refractivity contribution in [3.63, 3.8) is 0 Å². The summed E-state index contributed by atoms with van der Waals surface area (Å²) in [7, 11) is -3.70. The van der Waals surface area contributed by atoms with Gasteiger partial charge in [0.15, 0.2) is 0 Å². The Kier molecular flexibility index (Phi) is 4.81. The van der Waals surface area contributed by atoms with Gasteiger partial charge in [0, 0.05) is 5.56 Å². The molecule has 2 rings (SSSR count). The van der Waals surface area contributed by atoms with Gasteiger partial charge in [0.2, 0.25) is 10.0 Å². The zero-order chi connectivity index (χ0) is 15.3. The summed E-state index contributed by atoms with van der Waals surface area (Å²) in [6.45, 7) is 1.88. The summed E-state index contributed by atoms with van der Waals surface area (Å²) in [5.41, 5.74) is 5.75. The summed E-state index contributed by atoms with van der Waals surface area (Å²) in [6, 6.07) is 9.50. The Bertz CT molecular complexity index is 756. The topological polar surface area (TPSA) is 85.3 Å². The van der Waals surface area contributed by atoms with Crippen LogP contribution >= 0.6 is 0 Å². The fraction of sp³-hybridized carbons (Fsp3) is 0.200. The first-order valence-corrected chi connectivity index (χ1v) is 7.86. The third-order valence-corrected chi connectivity index (χ3v) is 4.40. The minimum absolute atomic E-state index is 0.129. The number of rotatable bonds is 4. The van der Waals surface area contributed by atoms with E-state index in [0.717, 1.165) is 0 Å². The third-order valence-electron chi connectivity index (χ3n) is 2.80. The summed E-state index contributed by atoms with van der Waals surface area (Å²) in [6.07, 6.45) is 1.50. The molecule has 0 aliphatic carbocycles. The first-order chi connectivity index (χ1) is 10.0. The maximum Gasteiger partial charge on any atom is 0.242 e. The van der Waals surface area contributed by atoms with Crippen LogP contribution in [0.25, 0.3) is 0 Å². The Labute approximate surface area is 124 Å². The van der Waals surface area contributed by atoms with E-state index in [1.165, 1.54) is 12.3 Å². The van der Waals surface area contributed by atoms with Gasteiger partial charge in [-0.25, -0.2) is 13.1 Å². The van der Waals surface area contributed by atoms with Crippen LogP contribution in [-0.4, -0.2) is 15.0 Å². The van der Waals surface area contributed by atoms with Crippen LogP contribution in [0.4, 0.5) is 0 Å². The van der Waals surface area contributed by atoms with Gasteiger partial charge >= 0.3 is 0 Å². The van der Waals surface area contributed by atoms with Gasteiger partial charge in [-0.15, -0.1) is 0 Å². The van der Waals surface area contributed by atoms with Crippen LogP contribution in [0, 0.1) is 11.8 Å². The van der Waals surface area contributed by atoms with Crippen molar-refractivity contribution >= 4 is 10.0 Å². The molecule has 0 aliphatic heterocycles. The summed E-state index contributed by atoms with van der Waals surface area (Å²) in [5.74, 6) is 5.98. The monoisotopic (exact) mass is 304 g/mol. The van der Waals surface area contributed by atoms with E-state index in [-0.39, 0.29) is 11.4 Å². The molecular weight excluding hydrogens is 288 g/mol. The average Bonchev–Trinajstić information content (AvgIpc) is 2.99. The Morgan fingerprint density at radius 2 is 2.05 bits per heavy atom. The van der Waals surface area contributed by atoms with E-state index >= 15 is 0 Å². The van der Waals surface area contributed by atoms with Crippen molar-refractivity contribution in [2.75, 3.05) is 6.54 Å². The minimum Gasteiger partial charge on any atom is -0.468 e. The van der Waals surface area contributed by atoms with Crippen LogP contribution in [-0.2, 0) is 10.0 Å². The molecule has 5 nitrogen and oxygen atoms in total. The smallest absolute Gasteiger partial charge is 0.242 e. The number of nitrogens with one attached hydrogen (secondary N) is 1. The van der Waals surface area contributed by atoms with E-state index in [0.29, 0.717) is 11.3 Å². The molecule has 1 aromatic carbocycles. The average molecular weight is 304 g/mol. The SMILES string of the molecule is CC(NS(=O)(=O)c1ccccc1C#CCN)c1ccco1. The van der Waals surface area contributed by atoms with Crippen molar-refractivity contribution < 1.29 is 12.8 Å². The maximum absolute atomic E-state index is 12.5. The Morgan fingerprint density at radius 3 is 2.71 bits per heavy atom. The Morgan fingerprint density at radius 1 is 1.29 bits per heavy atom. The van der Waals surface area contributed by atoms with Crippen molar-refractivity contribution in [2.24, 2.45) is 5.73 Å². The quantitative estimate of drug-likeness (QED) is 0.841. The van der Waals surface area contributed by atoms with E-state index in [9.17, 15) is 8.42 Å². The van der Waals surface area contributed by atoms with E-state index in [2.05, 4.69) is 16.6 Å². The third kappa shape index (κ3) is 3.73. The first kappa shape index (κ1) is 15.3. The maximum atomic E-state index is 12.5. The highest BCUT2D eigenvalue weighted by atomic mass is 32.2. The molecule has 21 heavy (non-hydrogen) atoms. The molecule has 0 spiro atoms. The number of hydrogen-bond donors (Lipinski definition) is 2. The molecule has 1 atom stereocenters. The van der Waals surface area contributed by atoms with Gasteiger partial charge in [0.1, 0.15) is 5.76 Å². The Hall–Kier alpha value is -2.07. The van der Waals surface area contributed by atoms with Gasteiger partial charge in [-0.2, -0.15) is 0 Å². The number of furan rings is 1. The Balaban J connectivity index is 2.32. The normalized spacial score (nSPS) is 12.5. The highest BCUT2D eigenvalue weighted by Gasteiger charge is 2.21. The van der Waals surface area contributed by atoms with Crippen molar-refractivity contribution in [1.29, 1.82) is 0 Å². The predicted octanol–water partition coefficient (Wildman–Crippen LogP) is 1.63. The van der Waals surface area contributed by atoms with Gasteiger partial charge in [-0.1, -0.05) is 24.0 Å². The fourth-order valence-corrected chi connectivity index (χ4v) is 3.22. The molecule has 6 heteroatoms. The standard InChI is InChI=1S/C15H16N2O3S/c1-12(14-8-5-11-20-14)17-21(18,19)15-9-3-2-6-13(15)7-4-10-16/h2-3,5-6,8-9,11-12,17H,10,16H2,1H3. The molecule has 1 aromatic heterocycles. The van der Waals surface area contributed by atoms with E-state index in [4.69, 9.17) is 10.2 Å². The molecule has 0 saturated carbocycles. The molecular formula is C15H16N2O3S. The molecule has 3 N–H and O–H groups in total. The largest absolute Gasteiger partial charge is 0.468 e. The number of benzene rings is 1. The van der Waals surface area contributed by atoms with Crippen LogP contribution in [0.5, 0.6) is 0 Å². The summed E-state index contributed by atoms with van der Waals surface area (Å²) in [5, 5.41) is 0. The van der Waals surface area contributed by atoms with Gasteiger partial charge in [-0.3, -0.25) is 0 Å². The van der Waals surface area contributed by atoms with Crippen molar-refractivity contribution in [1.82, 2.24) is 4.72 Å². The van der Waals surface area contributed by atoms with Crippen LogP contribution in [0.1, 0.15) is 24.3 Å². The molecule has 0 radical (unpaired) electrons.